The van der Waals surface area contributed by atoms with Gasteiger partial charge in [-0.15, -0.1) is 0 Å². The van der Waals surface area contributed by atoms with Gasteiger partial charge in [0.1, 0.15) is 0 Å². The van der Waals surface area contributed by atoms with E-state index in [0.717, 1.165) is 5.06 Å². The molecule has 0 bridgehead atoms. The minimum Gasteiger partial charge on any atom is -0.454 e. The number of amides is 1. The Bertz CT molecular complexity index is 435. The number of fused-ring (bicyclic) bond motifs is 1. The second-order valence-electron chi connectivity index (χ2n) is 3.18. The molecule has 0 unspecified atom stereocenters. The summed E-state index contributed by atoms with van der Waals surface area (Å²) < 4.78 is 11.1. The summed E-state index contributed by atoms with van der Waals surface area (Å²) >= 11 is 3.32. The largest absolute Gasteiger partial charge is 0.454 e. The van der Waals surface area contributed by atoms with E-state index in [9.17, 15) is 4.79 Å². The number of hydrogen-bond donors (Lipinski definition) is 0. The van der Waals surface area contributed by atoms with Crippen molar-refractivity contribution in [2.24, 2.45) is 0 Å². The second-order valence-corrected chi connectivity index (χ2v) is 4.03. The highest BCUT2D eigenvalue weighted by Crippen LogP contribution is 2.40. The van der Waals surface area contributed by atoms with E-state index >= 15 is 0 Å². The molecular weight excluding hydrogens is 278 g/mol. The fraction of sp³-hybridized carbons (Fsp3) is 0.300. The molecule has 0 radical (unpaired) electrons. The smallest absolute Gasteiger partial charge is 0.277 e. The molecule has 0 saturated heterocycles. The molecule has 0 saturated carbocycles. The number of carbonyl (C=O) groups excluding carboxylic acids is 1. The Labute approximate surface area is 101 Å². The van der Waals surface area contributed by atoms with E-state index in [4.69, 9.17) is 14.3 Å². The van der Waals surface area contributed by atoms with Crippen molar-refractivity contribution in [3.05, 3.63) is 22.2 Å². The fourth-order valence-corrected chi connectivity index (χ4v) is 1.91. The lowest BCUT2D eigenvalue weighted by molar-refractivity contribution is -0.0757. The average Bonchev–Trinajstić information content (AvgIpc) is 2.75. The summed E-state index contributed by atoms with van der Waals surface area (Å²) in [5.41, 5.74) is 0.473. The van der Waals surface area contributed by atoms with Gasteiger partial charge < -0.3 is 9.47 Å². The number of hydrogen-bond acceptors (Lipinski definition) is 4. The van der Waals surface area contributed by atoms with Gasteiger partial charge in [-0.2, -0.15) is 0 Å². The Hall–Kier alpha value is -1.27. The molecule has 1 aliphatic heterocycles. The number of ether oxygens (including phenoxy) is 2. The quantitative estimate of drug-likeness (QED) is 0.779. The molecule has 1 aliphatic rings. The van der Waals surface area contributed by atoms with Crippen molar-refractivity contribution >= 4 is 21.8 Å². The molecule has 1 amide bonds. The van der Waals surface area contributed by atoms with E-state index in [-0.39, 0.29) is 12.7 Å². The topological polar surface area (TPSA) is 48.0 Å². The average molecular weight is 288 g/mol. The summed E-state index contributed by atoms with van der Waals surface area (Å²) in [6, 6.07) is 3.30. The van der Waals surface area contributed by atoms with Crippen LogP contribution in [0.15, 0.2) is 16.6 Å². The van der Waals surface area contributed by atoms with Crippen molar-refractivity contribution in [3.8, 4) is 11.5 Å². The van der Waals surface area contributed by atoms with Crippen LogP contribution in [-0.2, 0) is 4.84 Å². The first-order valence-electron chi connectivity index (χ1n) is 4.55. The molecule has 0 N–H and O–H groups in total. The van der Waals surface area contributed by atoms with Crippen molar-refractivity contribution in [2.75, 3.05) is 21.0 Å². The molecule has 16 heavy (non-hydrogen) atoms. The van der Waals surface area contributed by atoms with Gasteiger partial charge >= 0.3 is 0 Å². The molecule has 0 fully saturated rings. The molecule has 6 heteroatoms. The van der Waals surface area contributed by atoms with E-state index in [0.29, 0.717) is 21.5 Å². The zero-order chi connectivity index (χ0) is 11.7. The molecule has 0 aliphatic carbocycles. The van der Waals surface area contributed by atoms with Crippen LogP contribution < -0.4 is 9.47 Å². The molecule has 5 nitrogen and oxygen atoms in total. The normalized spacial score (nSPS) is 12.7. The first-order chi connectivity index (χ1) is 7.63. The lowest BCUT2D eigenvalue weighted by Gasteiger charge is -2.14. The van der Waals surface area contributed by atoms with Gasteiger partial charge in [0, 0.05) is 12.6 Å². The summed E-state index contributed by atoms with van der Waals surface area (Å²) in [6.07, 6.45) is 0. The maximum Gasteiger partial charge on any atom is 0.277 e. The van der Waals surface area contributed by atoms with Crippen molar-refractivity contribution < 1.29 is 19.1 Å². The summed E-state index contributed by atoms with van der Waals surface area (Å²) in [5.74, 6) is 0.931. The van der Waals surface area contributed by atoms with E-state index in [1.54, 1.807) is 19.2 Å². The summed E-state index contributed by atoms with van der Waals surface area (Å²) in [6.45, 7) is 0.172. The van der Waals surface area contributed by atoms with Crippen LogP contribution >= 0.6 is 15.9 Å². The number of benzene rings is 1. The molecule has 0 atom stereocenters. The zero-order valence-corrected chi connectivity index (χ0v) is 10.4. The van der Waals surface area contributed by atoms with Gasteiger partial charge in [0.05, 0.1) is 11.6 Å². The SMILES string of the molecule is CON(C)C(=O)c1cc(Br)c2c(c1)OCO2. The van der Waals surface area contributed by atoms with Gasteiger partial charge in [0.2, 0.25) is 6.79 Å². The van der Waals surface area contributed by atoms with E-state index < -0.39 is 0 Å². The fourth-order valence-electron chi connectivity index (χ4n) is 1.36. The molecule has 86 valence electrons. The van der Waals surface area contributed by atoms with Crippen molar-refractivity contribution in [1.29, 1.82) is 0 Å². The number of nitrogens with zero attached hydrogens (tertiary/aromatic N) is 1. The molecule has 1 aromatic carbocycles. The van der Waals surface area contributed by atoms with Crippen molar-refractivity contribution in [1.82, 2.24) is 5.06 Å². The van der Waals surface area contributed by atoms with Crippen LogP contribution in [0.1, 0.15) is 10.4 Å². The predicted molar refractivity (Wildman–Crippen MR) is 59.4 cm³/mol. The van der Waals surface area contributed by atoms with E-state index in [1.807, 2.05) is 0 Å². The third-order valence-electron chi connectivity index (χ3n) is 2.23. The maximum atomic E-state index is 11.8. The van der Waals surface area contributed by atoms with Crippen molar-refractivity contribution in [3.63, 3.8) is 0 Å². The minimum atomic E-state index is -0.249. The lowest BCUT2D eigenvalue weighted by atomic mass is 10.2. The van der Waals surface area contributed by atoms with Crippen LogP contribution in [0.4, 0.5) is 0 Å². The van der Waals surface area contributed by atoms with Crippen molar-refractivity contribution in [2.45, 2.75) is 0 Å². The molecule has 1 heterocycles. The van der Waals surface area contributed by atoms with E-state index in [1.165, 1.54) is 7.11 Å². The Balaban J connectivity index is 2.37. The zero-order valence-electron chi connectivity index (χ0n) is 8.82. The van der Waals surface area contributed by atoms with E-state index in [2.05, 4.69) is 15.9 Å². The second kappa shape index (κ2) is 4.31. The van der Waals surface area contributed by atoms with Crippen LogP contribution in [0.25, 0.3) is 0 Å². The van der Waals surface area contributed by atoms with Crippen LogP contribution in [0.2, 0.25) is 0 Å². The summed E-state index contributed by atoms with van der Waals surface area (Å²) in [5, 5.41) is 1.14. The monoisotopic (exact) mass is 287 g/mol. The first kappa shape index (κ1) is 11.2. The number of halogens is 1. The van der Waals surface area contributed by atoms with Crippen LogP contribution in [-0.4, -0.2) is 31.9 Å². The van der Waals surface area contributed by atoms with Gasteiger partial charge in [-0.05, 0) is 28.1 Å². The Kier molecular flexibility index (Phi) is 3.02. The molecule has 0 aromatic heterocycles. The third-order valence-corrected chi connectivity index (χ3v) is 2.82. The maximum absolute atomic E-state index is 11.8. The predicted octanol–water partition coefficient (Wildman–Crippen LogP) is 1.81. The number of rotatable bonds is 2. The first-order valence-corrected chi connectivity index (χ1v) is 5.34. The molecule has 0 spiro atoms. The van der Waals surface area contributed by atoms with Crippen LogP contribution in [0.5, 0.6) is 11.5 Å². The standard InChI is InChI=1S/C10H10BrNO4/c1-12(14-2)10(13)6-3-7(11)9-8(4-6)15-5-16-9/h3-4H,5H2,1-2H3. The Morgan fingerprint density at radius 2 is 2.25 bits per heavy atom. The Morgan fingerprint density at radius 1 is 1.50 bits per heavy atom. The summed E-state index contributed by atoms with van der Waals surface area (Å²) in [4.78, 5) is 16.6. The highest BCUT2D eigenvalue weighted by Gasteiger charge is 2.21. The number of carbonyl (C=O) groups is 1. The lowest BCUT2D eigenvalue weighted by Crippen LogP contribution is -2.25. The molecule has 1 aromatic rings. The van der Waals surface area contributed by atoms with Gasteiger partial charge in [-0.1, -0.05) is 0 Å². The minimum absolute atomic E-state index is 0.172. The Morgan fingerprint density at radius 3 is 2.94 bits per heavy atom. The van der Waals surface area contributed by atoms with Crippen LogP contribution in [0.3, 0.4) is 0 Å². The molecule has 2 rings (SSSR count). The van der Waals surface area contributed by atoms with Gasteiger partial charge in [0.15, 0.2) is 11.5 Å². The van der Waals surface area contributed by atoms with Crippen LogP contribution in [0, 0.1) is 0 Å². The van der Waals surface area contributed by atoms with Gasteiger partial charge in [-0.3, -0.25) is 9.63 Å². The van der Waals surface area contributed by atoms with Gasteiger partial charge in [-0.25, -0.2) is 5.06 Å². The molecular formula is C10H10BrNO4. The summed E-state index contributed by atoms with van der Waals surface area (Å²) in [7, 11) is 2.97. The highest BCUT2D eigenvalue weighted by atomic mass is 79.9. The number of hydroxylamine groups is 2. The highest BCUT2D eigenvalue weighted by molar-refractivity contribution is 9.10. The van der Waals surface area contributed by atoms with Gasteiger partial charge in [0.25, 0.3) is 5.91 Å². The third kappa shape index (κ3) is 1.85.